The van der Waals surface area contributed by atoms with Crippen LogP contribution in [0.4, 0.5) is 5.13 Å². The SMILES string of the molecule is Cc1csc(NC(=O)C(Cc2ccccc2)N2C(=O)c3ccccc3C2=O)n1. The number of amides is 3. The van der Waals surface area contributed by atoms with Crippen LogP contribution >= 0.6 is 11.3 Å². The lowest BCUT2D eigenvalue weighted by atomic mass is 10.0. The predicted octanol–water partition coefficient (Wildman–Crippen LogP) is 3.30. The maximum atomic E-state index is 13.1. The summed E-state index contributed by atoms with van der Waals surface area (Å²) in [6.07, 6.45) is 0.225. The Morgan fingerprint density at radius 2 is 1.64 bits per heavy atom. The first-order chi connectivity index (χ1) is 13.5. The van der Waals surface area contributed by atoms with Gasteiger partial charge in [-0.3, -0.25) is 19.3 Å². The van der Waals surface area contributed by atoms with Crippen LogP contribution in [0.1, 0.15) is 32.0 Å². The van der Waals surface area contributed by atoms with Gasteiger partial charge in [-0.15, -0.1) is 11.3 Å². The van der Waals surface area contributed by atoms with Gasteiger partial charge in [-0.05, 0) is 24.6 Å². The topological polar surface area (TPSA) is 79.4 Å². The summed E-state index contributed by atoms with van der Waals surface area (Å²) in [6, 6.07) is 15.0. The van der Waals surface area contributed by atoms with Crippen molar-refractivity contribution in [1.82, 2.24) is 9.88 Å². The number of fused-ring (bicyclic) bond motifs is 1. The molecule has 7 heteroatoms. The second kappa shape index (κ2) is 7.36. The number of rotatable bonds is 5. The molecule has 0 radical (unpaired) electrons. The van der Waals surface area contributed by atoms with E-state index in [2.05, 4.69) is 10.3 Å². The predicted molar refractivity (Wildman–Crippen MR) is 106 cm³/mol. The highest BCUT2D eigenvalue weighted by atomic mass is 32.1. The Kier molecular flexibility index (Phi) is 4.75. The van der Waals surface area contributed by atoms with Gasteiger partial charge in [0, 0.05) is 11.8 Å². The lowest BCUT2D eigenvalue weighted by Gasteiger charge is -2.25. The van der Waals surface area contributed by atoms with Crippen LogP contribution < -0.4 is 5.32 Å². The van der Waals surface area contributed by atoms with Gasteiger partial charge in [-0.25, -0.2) is 4.98 Å². The summed E-state index contributed by atoms with van der Waals surface area (Å²) in [7, 11) is 0. The molecule has 3 aromatic rings. The number of imide groups is 1. The van der Waals surface area contributed by atoms with E-state index in [1.165, 1.54) is 11.3 Å². The molecule has 1 aromatic heterocycles. The van der Waals surface area contributed by atoms with Crippen molar-refractivity contribution in [1.29, 1.82) is 0 Å². The lowest BCUT2D eigenvalue weighted by molar-refractivity contribution is -0.119. The molecule has 1 aliphatic heterocycles. The molecule has 2 heterocycles. The summed E-state index contributed by atoms with van der Waals surface area (Å²) in [5, 5.41) is 5.02. The van der Waals surface area contributed by atoms with E-state index in [4.69, 9.17) is 0 Å². The molecule has 140 valence electrons. The van der Waals surface area contributed by atoms with Crippen LogP contribution in [-0.4, -0.2) is 33.6 Å². The zero-order chi connectivity index (χ0) is 19.7. The molecule has 1 atom stereocenters. The summed E-state index contributed by atoms with van der Waals surface area (Å²) >= 11 is 1.30. The van der Waals surface area contributed by atoms with Crippen molar-refractivity contribution in [2.45, 2.75) is 19.4 Å². The molecule has 0 spiro atoms. The number of anilines is 1. The molecule has 0 saturated carbocycles. The Labute approximate surface area is 165 Å². The molecular weight excluding hydrogens is 374 g/mol. The van der Waals surface area contributed by atoms with Gasteiger partial charge in [0.2, 0.25) is 5.91 Å². The fourth-order valence-corrected chi connectivity index (χ4v) is 3.92. The van der Waals surface area contributed by atoms with Crippen molar-refractivity contribution in [3.63, 3.8) is 0 Å². The molecule has 28 heavy (non-hydrogen) atoms. The third-order valence-corrected chi connectivity index (χ3v) is 5.44. The van der Waals surface area contributed by atoms with Crippen molar-refractivity contribution in [3.05, 3.63) is 82.4 Å². The summed E-state index contributed by atoms with van der Waals surface area (Å²) < 4.78 is 0. The fraction of sp³-hybridized carbons (Fsp3) is 0.143. The molecule has 4 rings (SSSR count). The number of benzene rings is 2. The molecule has 1 aliphatic rings. The number of hydrogen-bond donors (Lipinski definition) is 1. The molecule has 0 bridgehead atoms. The maximum Gasteiger partial charge on any atom is 0.262 e. The lowest BCUT2D eigenvalue weighted by Crippen LogP contribution is -2.48. The molecule has 3 amide bonds. The third kappa shape index (κ3) is 3.32. The highest BCUT2D eigenvalue weighted by molar-refractivity contribution is 7.13. The average Bonchev–Trinajstić information content (AvgIpc) is 3.22. The summed E-state index contributed by atoms with van der Waals surface area (Å²) in [5.41, 5.74) is 2.29. The van der Waals surface area contributed by atoms with Crippen LogP contribution in [0.5, 0.6) is 0 Å². The number of hydrogen-bond acceptors (Lipinski definition) is 5. The Morgan fingerprint density at radius 3 is 2.21 bits per heavy atom. The number of aromatic nitrogens is 1. The highest BCUT2D eigenvalue weighted by Gasteiger charge is 2.42. The first kappa shape index (κ1) is 18.1. The Morgan fingerprint density at radius 1 is 1.04 bits per heavy atom. The van der Waals surface area contributed by atoms with Crippen LogP contribution in [-0.2, 0) is 11.2 Å². The smallest absolute Gasteiger partial charge is 0.262 e. The average molecular weight is 391 g/mol. The van der Waals surface area contributed by atoms with E-state index in [0.717, 1.165) is 16.2 Å². The zero-order valence-corrected chi connectivity index (χ0v) is 15.9. The highest BCUT2D eigenvalue weighted by Crippen LogP contribution is 2.27. The van der Waals surface area contributed by atoms with Gasteiger partial charge < -0.3 is 5.32 Å². The number of nitrogens with one attached hydrogen (secondary N) is 1. The van der Waals surface area contributed by atoms with Gasteiger partial charge in [0.05, 0.1) is 16.8 Å². The molecule has 1 N–H and O–H groups in total. The summed E-state index contributed by atoms with van der Waals surface area (Å²) in [4.78, 5) is 44.2. The number of aryl methyl sites for hydroxylation is 1. The van der Waals surface area contributed by atoms with Crippen molar-refractivity contribution in [3.8, 4) is 0 Å². The van der Waals surface area contributed by atoms with Crippen LogP contribution in [0.3, 0.4) is 0 Å². The molecule has 0 fully saturated rings. The summed E-state index contributed by atoms with van der Waals surface area (Å²) in [6.45, 7) is 1.83. The van der Waals surface area contributed by atoms with Gasteiger partial charge in [0.15, 0.2) is 5.13 Å². The number of carbonyl (C=O) groups excluding carboxylic acids is 3. The van der Waals surface area contributed by atoms with Gasteiger partial charge in [0.25, 0.3) is 11.8 Å². The fourth-order valence-electron chi connectivity index (χ4n) is 3.23. The second-order valence-corrected chi connectivity index (χ2v) is 7.37. The quantitative estimate of drug-likeness (QED) is 0.677. The van der Waals surface area contributed by atoms with Crippen molar-refractivity contribution >= 4 is 34.2 Å². The van der Waals surface area contributed by atoms with E-state index in [-0.39, 0.29) is 6.42 Å². The largest absolute Gasteiger partial charge is 0.300 e. The molecular formula is C21H17N3O3S. The second-order valence-electron chi connectivity index (χ2n) is 6.51. The minimum absolute atomic E-state index is 0.225. The van der Waals surface area contributed by atoms with E-state index >= 15 is 0 Å². The van der Waals surface area contributed by atoms with E-state index in [0.29, 0.717) is 16.3 Å². The molecule has 0 saturated heterocycles. The Hall–Kier alpha value is -3.32. The van der Waals surface area contributed by atoms with Gasteiger partial charge >= 0.3 is 0 Å². The number of nitrogens with zero attached hydrogens (tertiary/aromatic N) is 2. The first-order valence-corrected chi connectivity index (χ1v) is 9.66. The minimum Gasteiger partial charge on any atom is -0.300 e. The Bertz CT molecular complexity index is 1030. The van der Waals surface area contributed by atoms with Gasteiger partial charge in [-0.2, -0.15) is 0 Å². The first-order valence-electron chi connectivity index (χ1n) is 8.78. The van der Waals surface area contributed by atoms with Crippen LogP contribution in [0, 0.1) is 6.92 Å². The van der Waals surface area contributed by atoms with Gasteiger partial charge in [-0.1, -0.05) is 42.5 Å². The third-order valence-electron chi connectivity index (χ3n) is 4.56. The van der Waals surface area contributed by atoms with Crippen molar-refractivity contribution in [2.75, 3.05) is 5.32 Å². The Balaban J connectivity index is 1.68. The summed E-state index contributed by atoms with van der Waals surface area (Å²) in [5.74, 6) is -1.34. The van der Waals surface area contributed by atoms with E-state index in [1.807, 2.05) is 42.6 Å². The monoisotopic (exact) mass is 391 g/mol. The van der Waals surface area contributed by atoms with Crippen LogP contribution in [0.25, 0.3) is 0 Å². The van der Waals surface area contributed by atoms with Crippen LogP contribution in [0.15, 0.2) is 60.0 Å². The van der Waals surface area contributed by atoms with E-state index in [9.17, 15) is 14.4 Å². The molecule has 6 nitrogen and oxygen atoms in total. The number of carbonyl (C=O) groups is 3. The van der Waals surface area contributed by atoms with Crippen molar-refractivity contribution < 1.29 is 14.4 Å². The minimum atomic E-state index is -0.973. The molecule has 0 aliphatic carbocycles. The molecule has 2 aromatic carbocycles. The van der Waals surface area contributed by atoms with Crippen molar-refractivity contribution in [2.24, 2.45) is 0 Å². The van der Waals surface area contributed by atoms with E-state index < -0.39 is 23.8 Å². The van der Waals surface area contributed by atoms with Crippen LogP contribution in [0.2, 0.25) is 0 Å². The van der Waals surface area contributed by atoms with Gasteiger partial charge in [0.1, 0.15) is 6.04 Å². The number of thiazole rings is 1. The molecule has 1 unspecified atom stereocenters. The van der Waals surface area contributed by atoms with E-state index in [1.54, 1.807) is 24.3 Å². The normalized spacial score (nSPS) is 14.1. The standard InChI is InChI=1S/C21H17N3O3S/c1-13-12-28-21(22-13)23-18(25)17(11-14-7-3-2-4-8-14)24-19(26)15-9-5-6-10-16(15)20(24)27/h2-10,12,17H,11H2,1H3,(H,22,23,25). The zero-order valence-electron chi connectivity index (χ0n) is 15.1. The maximum absolute atomic E-state index is 13.1.